The van der Waals surface area contributed by atoms with E-state index in [1.54, 1.807) is 17.9 Å². The predicted octanol–water partition coefficient (Wildman–Crippen LogP) is 2.39. The van der Waals surface area contributed by atoms with E-state index in [-0.39, 0.29) is 17.7 Å². The molecule has 3 heterocycles. The van der Waals surface area contributed by atoms with Crippen LogP contribution in [0.15, 0.2) is 51.8 Å². The van der Waals surface area contributed by atoms with Crippen molar-refractivity contribution in [2.24, 2.45) is 0 Å². The molecule has 0 aliphatic carbocycles. The van der Waals surface area contributed by atoms with Gasteiger partial charge in [0.2, 0.25) is 6.39 Å². The Kier molecular flexibility index (Phi) is 3.60. The number of aryl methyl sites for hydroxylation is 1. The Balaban J connectivity index is 1.64. The Morgan fingerprint density at radius 3 is 2.62 bits per heavy atom. The second kappa shape index (κ2) is 5.92. The van der Waals surface area contributed by atoms with Gasteiger partial charge < -0.3 is 13.9 Å². The van der Waals surface area contributed by atoms with E-state index >= 15 is 0 Å². The zero-order valence-electron chi connectivity index (χ0n) is 13.1. The van der Waals surface area contributed by atoms with Gasteiger partial charge in [-0.05, 0) is 12.5 Å². The number of carbonyl (C=O) groups is 1. The fourth-order valence-corrected chi connectivity index (χ4v) is 3.24. The third-order valence-electron chi connectivity index (χ3n) is 4.39. The van der Waals surface area contributed by atoms with Crippen LogP contribution in [0.2, 0.25) is 0 Å². The molecule has 1 aromatic carbocycles. The van der Waals surface area contributed by atoms with Gasteiger partial charge in [0.05, 0.1) is 0 Å². The van der Waals surface area contributed by atoms with Gasteiger partial charge in [-0.2, -0.15) is 4.98 Å². The summed E-state index contributed by atoms with van der Waals surface area (Å²) in [4.78, 5) is 18.7. The highest BCUT2D eigenvalue weighted by Crippen LogP contribution is 2.38. The molecule has 4 rings (SSSR count). The monoisotopic (exact) mass is 324 g/mol. The van der Waals surface area contributed by atoms with E-state index in [0.717, 1.165) is 5.56 Å². The molecule has 0 unspecified atom stereocenters. The fourth-order valence-electron chi connectivity index (χ4n) is 3.24. The van der Waals surface area contributed by atoms with Crippen molar-refractivity contribution in [3.63, 3.8) is 0 Å². The number of likely N-dealkylation sites (tertiary alicyclic amines) is 1. The lowest BCUT2D eigenvalue weighted by Crippen LogP contribution is -2.29. The summed E-state index contributed by atoms with van der Waals surface area (Å²) in [6.07, 6.45) is 1.32. The molecule has 1 saturated heterocycles. The second-order valence-electron chi connectivity index (χ2n) is 5.95. The SMILES string of the molecule is Cc1cc(C(=O)N2C[C@H](c3ncon3)[C@H](c3ccccc3)C2)no1. The summed E-state index contributed by atoms with van der Waals surface area (Å²) in [5, 5.41) is 7.82. The molecule has 1 aliphatic heterocycles. The number of nitrogens with zero attached hydrogens (tertiary/aromatic N) is 4. The first kappa shape index (κ1) is 14.6. The first-order valence-corrected chi connectivity index (χ1v) is 7.76. The molecule has 2 aromatic heterocycles. The van der Waals surface area contributed by atoms with Gasteiger partial charge in [0.1, 0.15) is 5.76 Å². The Labute approximate surface area is 138 Å². The van der Waals surface area contributed by atoms with Gasteiger partial charge in [0.15, 0.2) is 11.5 Å². The maximum Gasteiger partial charge on any atom is 0.276 e. The molecule has 0 spiro atoms. The number of rotatable bonds is 3. The normalized spacial score (nSPS) is 20.5. The summed E-state index contributed by atoms with van der Waals surface area (Å²) >= 11 is 0. The molecule has 0 radical (unpaired) electrons. The van der Waals surface area contributed by atoms with Crippen LogP contribution in [0, 0.1) is 6.92 Å². The van der Waals surface area contributed by atoms with Crippen LogP contribution in [-0.2, 0) is 0 Å². The molecule has 1 fully saturated rings. The van der Waals surface area contributed by atoms with Crippen LogP contribution in [-0.4, -0.2) is 39.2 Å². The molecular weight excluding hydrogens is 308 g/mol. The van der Waals surface area contributed by atoms with Gasteiger partial charge in [-0.25, -0.2) is 0 Å². The minimum Gasteiger partial charge on any atom is -0.361 e. The minimum absolute atomic E-state index is 0.0110. The number of carbonyl (C=O) groups excluding carboxylic acids is 1. The molecule has 24 heavy (non-hydrogen) atoms. The molecule has 3 aromatic rings. The quantitative estimate of drug-likeness (QED) is 0.735. The first-order chi connectivity index (χ1) is 11.7. The molecular formula is C17H16N4O3. The molecule has 7 heteroatoms. The van der Waals surface area contributed by atoms with Crippen LogP contribution in [0.4, 0.5) is 0 Å². The van der Waals surface area contributed by atoms with E-state index in [2.05, 4.69) is 27.4 Å². The molecule has 2 atom stereocenters. The summed E-state index contributed by atoms with van der Waals surface area (Å²) in [6.45, 7) is 2.86. The van der Waals surface area contributed by atoms with Crippen molar-refractivity contribution in [1.29, 1.82) is 0 Å². The van der Waals surface area contributed by atoms with Crippen LogP contribution in [0.5, 0.6) is 0 Å². The zero-order valence-corrected chi connectivity index (χ0v) is 13.1. The summed E-state index contributed by atoms with van der Waals surface area (Å²) in [5.74, 6) is 1.20. The predicted molar refractivity (Wildman–Crippen MR) is 83.4 cm³/mol. The van der Waals surface area contributed by atoms with E-state index in [4.69, 9.17) is 9.05 Å². The lowest BCUT2D eigenvalue weighted by Gasteiger charge is -2.15. The maximum atomic E-state index is 12.7. The van der Waals surface area contributed by atoms with E-state index in [0.29, 0.717) is 30.4 Å². The van der Waals surface area contributed by atoms with Crippen molar-refractivity contribution >= 4 is 5.91 Å². The largest absolute Gasteiger partial charge is 0.361 e. The Hall–Kier alpha value is -2.96. The molecule has 1 amide bonds. The topological polar surface area (TPSA) is 85.3 Å². The number of benzene rings is 1. The van der Waals surface area contributed by atoms with E-state index in [1.807, 2.05) is 18.2 Å². The average molecular weight is 324 g/mol. The van der Waals surface area contributed by atoms with Crippen molar-refractivity contribution < 1.29 is 13.8 Å². The Morgan fingerprint density at radius 2 is 1.96 bits per heavy atom. The summed E-state index contributed by atoms with van der Waals surface area (Å²) in [6, 6.07) is 11.7. The first-order valence-electron chi connectivity index (χ1n) is 7.76. The van der Waals surface area contributed by atoms with E-state index in [1.165, 1.54) is 6.39 Å². The van der Waals surface area contributed by atoms with Crippen molar-refractivity contribution in [1.82, 2.24) is 20.2 Å². The number of aromatic nitrogens is 3. The average Bonchev–Trinajstić information content (AvgIpc) is 3.35. The van der Waals surface area contributed by atoms with Crippen molar-refractivity contribution in [3.8, 4) is 0 Å². The Bertz CT molecular complexity index is 829. The molecule has 0 bridgehead atoms. The summed E-state index contributed by atoms with van der Waals surface area (Å²) in [5.41, 5.74) is 1.48. The highest BCUT2D eigenvalue weighted by molar-refractivity contribution is 5.92. The lowest BCUT2D eigenvalue weighted by atomic mass is 9.88. The fraction of sp³-hybridized carbons (Fsp3) is 0.294. The van der Waals surface area contributed by atoms with Crippen LogP contribution >= 0.6 is 0 Å². The standard InChI is InChI=1S/C17H16N4O3/c1-11-7-15(19-24-11)17(22)21-8-13(12-5-3-2-4-6-12)14(9-21)16-18-10-23-20-16/h2-7,10,13-14H,8-9H2,1H3/t13-,14-/m0/s1. The van der Waals surface area contributed by atoms with Crippen LogP contribution in [0.3, 0.4) is 0 Å². The van der Waals surface area contributed by atoms with E-state index in [9.17, 15) is 4.79 Å². The molecule has 0 saturated carbocycles. The number of hydrogen-bond acceptors (Lipinski definition) is 6. The Morgan fingerprint density at radius 1 is 1.17 bits per heavy atom. The zero-order chi connectivity index (χ0) is 16.5. The smallest absolute Gasteiger partial charge is 0.276 e. The van der Waals surface area contributed by atoms with Crippen molar-refractivity contribution in [3.05, 3.63) is 65.6 Å². The van der Waals surface area contributed by atoms with Gasteiger partial charge >= 0.3 is 0 Å². The van der Waals surface area contributed by atoms with Crippen LogP contribution in [0.1, 0.15) is 39.5 Å². The highest BCUT2D eigenvalue weighted by atomic mass is 16.5. The number of amides is 1. The summed E-state index contributed by atoms with van der Waals surface area (Å²) < 4.78 is 9.92. The second-order valence-corrected chi connectivity index (χ2v) is 5.95. The van der Waals surface area contributed by atoms with Crippen LogP contribution < -0.4 is 0 Å². The molecule has 0 N–H and O–H groups in total. The summed E-state index contributed by atoms with van der Waals surface area (Å²) in [7, 11) is 0. The van der Waals surface area contributed by atoms with Gasteiger partial charge in [-0.15, -0.1) is 0 Å². The maximum absolute atomic E-state index is 12.7. The van der Waals surface area contributed by atoms with Gasteiger partial charge in [-0.1, -0.05) is 40.6 Å². The van der Waals surface area contributed by atoms with Crippen LogP contribution in [0.25, 0.3) is 0 Å². The third kappa shape index (κ3) is 2.58. The molecule has 1 aliphatic rings. The lowest BCUT2D eigenvalue weighted by molar-refractivity contribution is 0.0778. The third-order valence-corrected chi connectivity index (χ3v) is 4.39. The van der Waals surface area contributed by atoms with Gasteiger partial charge in [0, 0.05) is 31.0 Å². The molecule has 122 valence electrons. The minimum atomic E-state index is -0.140. The van der Waals surface area contributed by atoms with Gasteiger partial charge in [-0.3, -0.25) is 4.79 Å². The molecule has 7 nitrogen and oxygen atoms in total. The van der Waals surface area contributed by atoms with Crippen molar-refractivity contribution in [2.45, 2.75) is 18.8 Å². The van der Waals surface area contributed by atoms with Gasteiger partial charge in [0.25, 0.3) is 5.91 Å². The van der Waals surface area contributed by atoms with E-state index < -0.39 is 0 Å². The van der Waals surface area contributed by atoms with Crippen molar-refractivity contribution in [2.75, 3.05) is 13.1 Å². The highest BCUT2D eigenvalue weighted by Gasteiger charge is 2.40. The number of hydrogen-bond donors (Lipinski definition) is 0.